The highest BCUT2D eigenvalue weighted by Gasteiger charge is 2.28. The Hall–Kier alpha value is -0.910. The number of nitrogens with one attached hydrogen (secondary N) is 2. The average molecular weight is 226 g/mol. The monoisotopic (exact) mass is 226 g/mol. The largest absolute Gasteiger partial charge is 0.378 e. The number of amides is 1. The lowest BCUT2D eigenvalue weighted by atomic mass is 10.2. The van der Waals surface area contributed by atoms with Gasteiger partial charge in [0.2, 0.25) is 0 Å². The number of carbonyl (C=O) groups excluding carboxylic acids is 1. The second-order valence-corrected chi connectivity index (χ2v) is 4.30. The minimum Gasteiger partial charge on any atom is -0.378 e. The molecule has 2 heterocycles. The first-order valence-electron chi connectivity index (χ1n) is 4.88. The van der Waals surface area contributed by atoms with Gasteiger partial charge in [-0.25, -0.2) is 0 Å². The molecular weight excluding hydrogens is 212 g/mol. The summed E-state index contributed by atoms with van der Waals surface area (Å²) in [6.45, 7) is 1.57. The van der Waals surface area contributed by atoms with Crippen LogP contribution in [-0.4, -0.2) is 38.3 Å². The minimum absolute atomic E-state index is 0.0213. The molecule has 4 nitrogen and oxygen atoms in total. The van der Waals surface area contributed by atoms with Crippen LogP contribution in [0.15, 0.2) is 16.8 Å². The van der Waals surface area contributed by atoms with E-state index in [0.29, 0.717) is 0 Å². The molecular formula is C10H14N2O2S. The molecule has 0 aromatic carbocycles. The fourth-order valence-corrected chi connectivity index (χ4v) is 2.33. The van der Waals surface area contributed by atoms with Crippen LogP contribution in [0.5, 0.6) is 0 Å². The predicted octanol–water partition coefficient (Wildman–Crippen LogP) is 0.465. The molecule has 15 heavy (non-hydrogen) atoms. The highest BCUT2D eigenvalue weighted by Crippen LogP contribution is 2.08. The van der Waals surface area contributed by atoms with E-state index in [0.717, 1.165) is 18.7 Å². The molecule has 1 aromatic heterocycles. The summed E-state index contributed by atoms with van der Waals surface area (Å²) in [5.74, 6) is -0.0213. The average Bonchev–Trinajstić information content (AvgIpc) is 2.87. The van der Waals surface area contributed by atoms with Gasteiger partial charge in [0.25, 0.3) is 5.91 Å². The summed E-state index contributed by atoms with van der Waals surface area (Å²) in [7, 11) is 1.67. The topological polar surface area (TPSA) is 50.4 Å². The maximum atomic E-state index is 11.7. The highest BCUT2D eigenvalue weighted by molar-refractivity contribution is 7.08. The van der Waals surface area contributed by atoms with Crippen molar-refractivity contribution in [3.8, 4) is 0 Å². The molecule has 2 N–H and O–H groups in total. The van der Waals surface area contributed by atoms with Gasteiger partial charge in [-0.2, -0.15) is 11.3 Å². The Morgan fingerprint density at radius 1 is 1.67 bits per heavy atom. The van der Waals surface area contributed by atoms with E-state index in [2.05, 4.69) is 10.6 Å². The first-order chi connectivity index (χ1) is 7.31. The van der Waals surface area contributed by atoms with Crippen LogP contribution in [-0.2, 0) is 4.74 Å². The Morgan fingerprint density at radius 3 is 3.20 bits per heavy atom. The van der Waals surface area contributed by atoms with Gasteiger partial charge in [0.15, 0.2) is 0 Å². The lowest BCUT2D eigenvalue weighted by molar-refractivity contribution is 0.0780. The maximum absolute atomic E-state index is 11.7. The van der Waals surface area contributed by atoms with Crippen LogP contribution in [0.2, 0.25) is 0 Å². The maximum Gasteiger partial charge on any atom is 0.252 e. The Bertz CT molecular complexity index is 326. The third kappa shape index (κ3) is 2.37. The minimum atomic E-state index is -0.0213. The lowest BCUT2D eigenvalue weighted by Crippen LogP contribution is -2.43. The Balaban J connectivity index is 1.94. The van der Waals surface area contributed by atoms with Crippen LogP contribution in [0.25, 0.3) is 0 Å². The fourth-order valence-electron chi connectivity index (χ4n) is 1.69. The molecule has 0 saturated carbocycles. The molecule has 2 atom stereocenters. The highest BCUT2D eigenvalue weighted by atomic mass is 32.1. The van der Waals surface area contributed by atoms with Crippen LogP contribution in [0.4, 0.5) is 0 Å². The van der Waals surface area contributed by atoms with Gasteiger partial charge in [-0.3, -0.25) is 4.79 Å². The second-order valence-electron chi connectivity index (χ2n) is 3.52. The van der Waals surface area contributed by atoms with Crippen LogP contribution < -0.4 is 10.6 Å². The number of hydrogen-bond acceptors (Lipinski definition) is 4. The molecule has 82 valence electrons. The van der Waals surface area contributed by atoms with E-state index in [-0.39, 0.29) is 18.1 Å². The van der Waals surface area contributed by atoms with Crippen molar-refractivity contribution in [3.05, 3.63) is 22.4 Å². The van der Waals surface area contributed by atoms with Crippen molar-refractivity contribution in [2.24, 2.45) is 0 Å². The van der Waals surface area contributed by atoms with Crippen molar-refractivity contribution in [2.75, 3.05) is 20.2 Å². The molecule has 1 fully saturated rings. The summed E-state index contributed by atoms with van der Waals surface area (Å²) in [4.78, 5) is 11.7. The van der Waals surface area contributed by atoms with Gasteiger partial charge in [0, 0.05) is 31.1 Å². The second kappa shape index (κ2) is 4.74. The summed E-state index contributed by atoms with van der Waals surface area (Å²) >= 11 is 1.52. The molecule has 1 amide bonds. The predicted molar refractivity (Wildman–Crippen MR) is 59.2 cm³/mol. The van der Waals surface area contributed by atoms with E-state index >= 15 is 0 Å². The number of methoxy groups -OCH3 is 1. The van der Waals surface area contributed by atoms with Crippen molar-refractivity contribution in [1.82, 2.24) is 10.6 Å². The SMILES string of the molecule is CO[C@H]1CNCC1NC(=O)c1ccsc1. The van der Waals surface area contributed by atoms with E-state index in [1.807, 2.05) is 16.8 Å². The van der Waals surface area contributed by atoms with E-state index in [4.69, 9.17) is 4.74 Å². The normalized spacial score (nSPS) is 25.4. The van der Waals surface area contributed by atoms with Gasteiger partial charge < -0.3 is 15.4 Å². The quantitative estimate of drug-likeness (QED) is 0.787. The van der Waals surface area contributed by atoms with Crippen LogP contribution in [0, 0.1) is 0 Å². The summed E-state index contributed by atoms with van der Waals surface area (Å²) < 4.78 is 5.27. The van der Waals surface area contributed by atoms with E-state index < -0.39 is 0 Å². The Morgan fingerprint density at radius 2 is 2.53 bits per heavy atom. The Kier molecular flexibility index (Phi) is 3.35. The van der Waals surface area contributed by atoms with Crippen molar-refractivity contribution in [2.45, 2.75) is 12.1 Å². The van der Waals surface area contributed by atoms with E-state index in [1.165, 1.54) is 11.3 Å². The number of ether oxygens (including phenoxy) is 1. The molecule has 2 rings (SSSR count). The smallest absolute Gasteiger partial charge is 0.252 e. The third-order valence-electron chi connectivity index (χ3n) is 2.56. The van der Waals surface area contributed by atoms with Crippen LogP contribution in [0.1, 0.15) is 10.4 Å². The van der Waals surface area contributed by atoms with Crippen LogP contribution >= 0.6 is 11.3 Å². The standard InChI is InChI=1S/C10H14N2O2S/c1-14-9-5-11-4-8(9)12-10(13)7-2-3-15-6-7/h2-3,6,8-9,11H,4-5H2,1H3,(H,12,13)/t8?,9-/m0/s1. The van der Waals surface area contributed by atoms with Gasteiger partial charge >= 0.3 is 0 Å². The zero-order chi connectivity index (χ0) is 10.7. The summed E-state index contributed by atoms with van der Waals surface area (Å²) in [6, 6.07) is 1.90. The molecule has 0 bridgehead atoms. The number of rotatable bonds is 3. The van der Waals surface area contributed by atoms with Gasteiger partial charge in [-0.15, -0.1) is 0 Å². The van der Waals surface area contributed by atoms with Crippen molar-refractivity contribution in [1.29, 1.82) is 0 Å². The molecule has 1 aromatic rings. The Labute approximate surface area is 92.6 Å². The molecule has 0 aliphatic carbocycles. The fraction of sp³-hybridized carbons (Fsp3) is 0.500. The zero-order valence-corrected chi connectivity index (χ0v) is 9.34. The molecule has 1 unspecified atom stereocenters. The first kappa shape index (κ1) is 10.6. The first-order valence-corrected chi connectivity index (χ1v) is 5.82. The molecule has 1 saturated heterocycles. The molecule has 1 aliphatic heterocycles. The summed E-state index contributed by atoms with van der Waals surface area (Å²) in [5.41, 5.74) is 0.724. The molecule has 1 aliphatic rings. The summed E-state index contributed by atoms with van der Waals surface area (Å²) in [6.07, 6.45) is 0.0765. The number of hydrogen-bond donors (Lipinski definition) is 2. The van der Waals surface area contributed by atoms with Gasteiger partial charge in [0.05, 0.1) is 12.1 Å². The lowest BCUT2D eigenvalue weighted by Gasteiger charge is -2.18. The van der Waals surface area contributed by atoms with Crippen molar-refractivity contribution >= 4 is 17.2 Å². The van der Waals surface area contributed by atoms with E-state index in [1.54, 1.807) is 7.11 Å². The summed E-state index contributed by atoms with van der Waals surface area (Å²) in [5, 5.41) is 9.89. The zero-order valence-electron chi connectivity index (χ0n) is 8.53. The van der Waals surface area contributed by atoms with Crippen molar-refractivity contribution in [3.63, 3.8) is 0 Å². The van der Waals surface area contributed by atoms with Crippen molar-refractivity contribution < 1.29 is 9.53 Å². The molecule has 5 heteroatoms. The number of thiophene rings is 1. The van der Waals surface area contributed by atoms with Crippen LogP contribution in [0.3, 0.4) is 0 Å². The van der Waals surface area contributed by atoms with Gasteiger partial charge in [-0.05, 0) is 11.4 Å². The number of carbonyl (C=O) groups is 1. The molecule has 0 radical (unpaired) electrons. The molecule has 0 spiro atoms. The van der Waals surface area contributed by atoms with E-state index in [9.17, 15) is 4.79 Å². The third-order valence-corrected chi connectivity index (χ3v) is 3.24. The van der Waals surface area contributed by atoms with Gasteiger partial charge in [-0.1, -0.05) is 0 Å². The van der Waals surface area contributed by atoms with Gasteiger partial charge in [0.1, 0.15) is 0 Å².